The molecule has 2 rings (SSSR count). The molecule has 0 aromatic heterocycles. The van der Waals surface area contributed by atoms with Crippen molar-refractivity contribution < 1.29 is 24.2 Å². The molecule has 0 aliphatic carbocycles. The van der Waals surface area contributed by atoms with Gasteiger partial charge in [0.05, 0.1) is 19.6 Å². The smallest absolute Gasteiger partial charge is 0.303 e. The Balaban J connectivity index is 2.26. The number of aliphatic carboxylic acids is 1. The van der Waals surface area contributed by atoms with Crippen LogP contribution >= 0.6 is 0 Å². The average Bonchev–Trinajstić information content (AvgIpc) is 2.74. The van der Waals surface area contributed by atoms with Crippen molar-refractivity contribution in [3.05, 3.63) is 53.6 Å². The van der Waals surface area contributed by atoms with E-state index in [1.165, 1.54) is 0 Å². The van der Waals surface area contributed by atoms with E-state index in [1.54, 1.807) is 26.4 Å². The number of carbonyl (C=O) groups excluding carboxylic acids is 1. The summed E-state index contributed by atoms with van der Waals surface area (Å²) in [6, 6.07) is 12.9. The molecule has 0 fully saturated rings. The fraction of sp³-hybridized carbons (Fsp3) is 0.391. The van der Waals surface area contributed by atoms with Crippen molar-refractivity contribution in [2.24, 2.45) is 0 Å². The molecule has 2 N–H and O–H groups in total. The summed E-state index contributed by atoms with van der Waals surface area (Å²) in [6.45, 7) is 3.99. The molecule has 0 spiro atoms. The quantitative estimate of drug-likeness (QED) is 0.618. The van der Waals surface area contributed by atoms with Crippen molar-refractivity contribution >= 4 is 17.6 Å². The van der Waals surface area contributed by atoms with Crippen molar-refractivity contribution in [3.8, 4) is 11.5 Å². The maximum atomic E-state index is 13.3. The van der Waals surface area contributed by atoms with Crippen molar-refractivity contribution in [1.29, 1.82) is 0 Å². The second-order valence-electron chi connectivity index (χ2n) is 6.90. The molecule has 1 amide bonds. The summed E-state index contributed by atoms with van der Waals surface area (Å²) >= 11 is 0. The molecule has 0 bridgehead atoms. The van der Waals surface area contributed by atoms with Crippen molar-refractivity contribution in [1.82, 2.24) is 0 Å². The van der Waals surface area contributed by atoms with Crippen LogP contribution in [0.25, 0.3) is 0 Å². The monoisotopic (exact) mass is 399 g/mol. The number of hydrogen-bond donors (Lipinski definition) is 2. The zero-order valence-electron chi connectivity index (χ0n) is 17.5. The molecule has 0 saturated heterocycles. The summed E-state index contributed by atoms with van der Waals surface area (Å²) in [5, 5.41) is 11.8. The van der Waals surface area contributed by atoms with Crippen LogP contribution in [-0.2, 0) is 21.4 Å². The van der Waals surface area contributed by atoms with Crippen LogP contribution in [-0.4, -0.2) is 31.2 Å². The lowest BCUT2D eigenvalue weighted by atomic mass is 9.74. The number of amides is 1. The van der Waals surface area contributed by atoms with E-state index < -0.39 is 11.4 Å². The van der Waals surface area contributed by atoms with Crippen LogP contribution in [0.5, 0.6) is 11.5 Å². The third kappa shape index (κ3) is 5.08. The van der Waals surface area contributed by atoms with Gasteiger partial charge in [0, 0.05) is 12.1 Å². The van der Waals surface area contributed by atoms with Gasteiger partial charge in [-0.25, -0.2) is 0 Å². The first-order valence-corrected chi connectivity index (χ1v) is 9.74. The van der Waals surface area contributed by atoms with E-state index in [0.717, 1.165) is 11.1 Å². The fourth-order valence-corrected chi connectivity index (χ4v) is 3.50. The van der Waals surface area contributed by atoms with Gasteiger partial charge in [-0.15, -0.1) is 0 Å². The highest BCUT2D eigenvalue weighted by Gasteiger charge is 2.37. The molecule has 0 aliphatic rings. The summed E-state index contributed by atoms with van der Waals surface area (Å²) < 4.78 is 10.7. The zero-order valence-corrected chi connectivity index (χ0v) is 17.5. The van der Waals surface area contributed by atoms with Crippen LogP contribution in [0.3, 0.4) is 0 Å². The number of ether oxygens (including phenoxy) is 2. The highest BCUT2D eigenvalue weighted by atomic mass is 16.5. The fourth-order valence-electron chi connectivity index (χ4n) is 3.50. The van der Waals surface area contributed by atoms with Crippen LogP contribution in [0.2, 0.25) is 0 Å². The van der Waals surface area contributed by atoms with Gasteiger partial charge < -0.3 is 19.9 Å². The van der Waals surface area contributed by atoms with Gasteiger partial charge in [-0.1, -0.05) is 32.0 Å². The summed E-state index contributed by atoms with van der Waals surface area (Å²) in [4.78, 5) is 24.0. The van der Waals surface area contributed by atoms with Crippen LogP contribution < -0.4 is 14.8 Å². The van der Waals surface area contributed by atoms with E-state index in [9.17, 15) is 9.59 Å². The average molecular weight is 399 g/mol. The minimum absolute atomic E-state index is 0.0831. The molecule has 6 heteroatoms. The number of aryl methyl sites for hydroxylation is 1. The largest absolute Gasteiger partial charge is 0.493 e. The van der Waals surface area contributed by atoms with Crippen LogP contribution in [0.1, 0.15) is 44.2 Å². The molecule has 0 aliphatic heterocycles. The lowest BCUT2D eigenvalue weighted by molar-refractivity contribution is -0.137. The number of nitrogens with one attached hydrogen (secondary N) is 1. The van der Waals surface area contributed by atoms with Gasteiger partial charge in [0.2, 0.25) is 5.91 Å². The van der Waals surface area contributed by atoms with E-state index in [-0.39, 0.29) is 12.3 Å². The minimum Gasteiger partial charge on any atom is -0.493 e. The van der Waals surface area contributed by atoms with Gasteiger partial charge in [0.1, 0.15) is 0 Å². The molecule has 156 valence electrons. The van der Waals surface area contributed by atoms with Crippen LogP contribution in [0.15, 0.2) is 42.5 Å². The number of hydrogen-bond acceptors (Lipinski definition) is 4. The normalized spacial score (nSPS) is 11.0. The topological polar surface area (TPSA) is 84.9 Å². The highest BCUT2D eigenvalue weighted by molar-refractivity contribution is 5.99. The van der Waals surface area contributed by atoms with E-state index in [1.807, 2.05) is 44.2 Å². The molecule has 2 aromatic carbocycles. The third-order valence-electron chi connectivity index (χ3n) is 5.42. The Labute approximate surface area is 171 Å². The van der Waals surface area contributed by atoms with Gasteiger partial charge in [-0.3, -0.25) is 9.59 Å². The van der Waals surface area contributed by atoms with Crippen LogP contribution in [0.4, 0.5) is 5.69 Å². The molecule has 0 radical (unpaired) electrons. The number of carboxylic acid groups (broad SMARTS) is 1. The molecule has 2 aromatic rings. The Morgan fingerprint density at radius 1 is 0.966 bits per heavy atom. The highest BCUT2D eigenvalue weighted by Crippen LogP contribution is 2.38. The molecule has 0 unspecified atom stereocenters. The summed E-state index contributed by atoms with van der Waals surface area (Å²) in [5.74, 6) is 0.294. The first-order chi connectivity index (χ1) is 13.9. The van der Waals surface area contributed by atoms with Crippen molar-refractivity contribution in [2.45, 2.75) is 44.9 Å². The van der Waals surface area contributed by atoms with E-state index in [0.29, 0.717) is 36.4 Å². The SMILES string of the molecule is CCC(CC)(C(=O)Nc1ccc(CCC(=O)O)cc1)c1ccc(OC)c(OC)c1. The predicted molar refractivity (Wildman–Crippen MR) is 113 cm³/mol. The molecule has 0 atom stereocenters. The lowest BCUT2D eigenvalue weighted by Crippen LogP contribution is -2.39. The predicted octanol–water partition coefficient (Wildman–Crippen LogP) is 4.42. The summed E-state index contributed by atoms with van der Waals surface area (Å²) in [7, 11) is 3.16. The Kier molecular flexibility index (Phi) is 7.65. The van der Waals surface area contributed by atoms with E-state index in [4.69, 9.17) is 14.6 Å². The number of carbonyl (C=O) groups is 2. The van der Waals surface area contributed by atoms with Crippen LogP contribution in [0, 0.1) is 0 Å². The van der Waals surface area contributed by atoms with Crippen molar-refractivity contribution in [2.75, 3.05) is 19.5 Å². The number of anilines is 1. The minimum atomic E-state index is -0.826. The molecular formula is C23H29NO5. The number of methoxy groups -OCH3 is 2. The standard InChI is InChI=1S/C23H29NO5/c1-5-23(6-2,17-10-13-19(28-3)20(15-17)29-4)22(27)24-18-11-7-16(8-12-18)9-14-21(25)26/h7-8,10-13,15H,5-6,9,14H2,1-4H3,(H,24,27)(H,25,26). The van der Waals surface area contributed by atoms with Gasteiger partial charge in [-0.2, -0.15) is 0 Å². The molecule has 0 saturated carbocycles. The second-order valence-corrected chi connectivity index (χ2v) is 6.90. The van der Waals surface area contributed by atoms with Crippen molar-refractivity contribution in [3.63, 3.8) is 0 Å². The summed E-state index contributed by atoms with van der Waals surface area (Å²) in [5.41, 5.74) is 1.76. The Hall–Kier alpha value is -3.02. The number of rotatable bonds is 10. The molecular weight excluding hydrogens is 370 g/mol. The molecule has 0 heterocycles. The summed E-state index contributed by atoms with van der Waals surface area (Å²) in [6.07, 6.45) is 1.80. The maximum Gasteiger partial charge on any atom is 0.303 e. The Bertz CT molecular complexity index is 841. The first-order valence-electron chi connectivity index (χ1n) is 9.74. The van der Waals surface area contributed by atoms with E-state index >= 15 is 0 Å². The zero-order chi connectivity index (χ0) is 21.4. The Morgan fingerprint density at radius 3 is 2.10 bits per heavy atom. The number of benzene rings is 2. The van der Waals surface area contributed by atoms with Gasteiger partial charge in [0.25, 0.3) is 0 Å². The molecule has 29 heavy (non-hydrogen) atoms. The van der Waals surface area contributed by atoms with E-state index in [2.05, 4.69) is 5.32 Å². The lowest BCUT2D eigenvalue weighted by Gasteiger charge is -2.31. The van der Waals surface area contributed by atoms with Gasteiger partial charge in [0.15, 0.2) is 11.5 Å². The Morgan fingerprint density at radius 2 is 1.59 bits per heavy atom. The first kappa shape index (κ1) is 22.3. The number of carboxylic acids is 1. The third-order valence-corrected chi connectivity index (χ3v) is 5.42. The molecule has 6 nitrogen and oxygen atoms in total. The van der Waals surface area contributed by atoms with Gasteiger partial charge >= 0.3 is 5.97 Å². The van der Waals surface area contributed by atoms with Gasteiger partial charge in [-0.05, 0) is 54.7 Å². The maximum absolute atomic E-state index is 13.3. The second kappa shape index (κ2) is 9.96.